The summed E-state index contributed by atoms with van der Waals surface area (Å²) in [5.74, 6) is -0.699. The van der Waals surface area contributed by atoms with Gasteiger partial charge in [-0.1, -0.05) is 51.0 Å². The van der Waals surface area contributed by atoms with Gasteiger partial charge in [-0.2, -0.15) is 0 Å². The third-order valence-electron chi connectivity index (χ3n) is 4.41. The molecule has 3 heteroatoms. The summed E-state index contributed by atoms with van der Waals surface area (Å²) >= 11 is 0. The summed E-state index contributed by atoms with van der Waals surface area (Å²) in [6, 6.07) is 10.5. The first-order valence-corrected chi connectivity index (χ1v) is 10.8. The molecular formula is C27H41F2N. The van der Waals surface area contributed by atoms with Crippen LogP contribution in [0.3, 0.4) is 0 Å². The van der Waals surface area contributed by atoms with Crippen LogP contribution in [-0.4, -0.2) is 6.54 Å². The zero-order valence-corrected chi connectivity index (χ0v) is 19.7. The van der Waals surface area contributed by atoms with E-state index in [1.165, 1.54) is 28.8 Å². The van der Waals surface area contributed by atoms with E-state index in [1.54, 1.807) is 0 Å². The summed E-state index contributed by atoms with van der Waals surface area (Å²) in [6.45, 7) is 23.2. The molecule has 2 aromatic carbocycles. The SMILES string of the molecule is C=C.C=C.CC.CCCC(NCCCc1cc(F)ccc1F)c1cc(C)ccc1C. The van der Waals surface area contributed by atoms with Gasteiger partial charge in [0.15, 0.2) is 0 Å². The Kier molecular flexibility index (Phi) is 18.7. The van der Waals surface area contributed by atoms with Crippen LogP contribution in [-0.2, 0) is 6.42 Å². The summed E-state index contributed by atoms with van der Waals surface area (Å²) in [5, 5.41) is 3.59. The molecule has 1 nitrogen and oxygen atoms in total. The van der Waals surface area contributed by atoms with Crippen LogP contribution in [0.15, 0.2) is 62.7 Å². The van der Waals surface area contributed by atoms with Crippen molar-refractivity contribution in [3.05, 3.63) is 96.6 Å². The van der Waals surface area contributed by atoms with Crippen LogP contribution >= 0.6 is 0 Å². The maximum absolute atomic E-state index is 13.7. The van der Waals surface area contributed by atoms with Gasteiger partial charge in [0.25, 0.3) is 0 Å². The van der Waals surface area contributed by atoms with Crippen LogP contribution in [0.4, 0.5) is 8.78 Å². The maximum Gasteiger partial charge on any atom is 0.126 e. The topological polar surface area (TPSA) is 12.0 Å². The Bertz CT molecular complexity index is 695. The van der Waals surface area contributed by atoms with Gasteiger partial charge < -0.3 is 5.32 Å². The molecule has 1 N–H and O–H groups in total. The Hall–Kier alpha value is -2.26. The summed E-state index contributed by atoms with van der Waals surface area (Å²) in [6.07, 6.45) is 3.50. The van der Waals surface area contributed by atoms with Gasteiger partial charge in [0.05, 0.1) is 0 Å². The highest BCUT2D eigenvalue weighted by Gasteiger charge is 2.13. The fraction of sp³-hybridized carbons (Fsp3) is 0.407. The Balaban J connectivity index is 0. The van der Waals surface area contributed by atoms with Gasteiger partial charge in [-0.25, -0.2) is 8.78 Å². The fourth-order valence-electron chi connectivity index (χ4n) is 3.08. The molecule has 0 bridgehead atoms. The lowest BCUT2D eigenvalue weighted by Gasteiger charge is -2.21. The number of benzene rings is 2. The zero-order chi connectivity index (χ0) is 23.5. The lowest BCUT2D eigenvalue weighted by molar-refractivity contribution is 0.483. The van der Waals surface area contributed by atoms with Crippen molar-refractivity contribution < 1.29 is 8.78 Å². The number of halogens is 2. The lowest BCUT2D eigenvalue weighted by atomic mass is 9.95. The van der Waals surface area contributed by atoms with Crippen molar-refractivity contribution in [3.63, 3.8) is 0 Å². The predicted molar refractivity (Wildman–Crippen MR) is 130 cm³/mol. The normalized spacial score (nSPS) is 10.4. The first-order chi connectivity index (χ1) is 14.5. The molecule has 0 aromatic heterocycles. The van der Waals surface area contributed by atoms with Gasteiger partial charge in [-0.3, -0.25) is 0 Å². The molecule has 1 atom stereocenters. The molecule has 0 radical (unpaired) electrons. The highest BCUT2D eigenvalue weighted by Crippen LogP contribution is 2.23. The van der Waals surface area contributed by atoms with Crippen LogP contribution < -0.4 is 5.32 Å². The van der Waals surface area contributed by atoms with E-state index in [-0.39, 0.29) is 11.6 Å². The second kappa shape index (κ2) is 18.7. The lowest BCUT2D eigenvalue weighted by Crippen LogP contribution is -2.23. The third kappa shape index (κ3) is 11.1. The molecule has 0 saturated carbocycles. The van der Waals surface area contributed by atoms with E-state index in [4.69, 9.17) is 0 Å². The van der Waals surface area contributed by atoms with Gasteiger partial charge in [-0.15, -0.1) is 26.3 Å². The molecule has 0 amide bonds. The largest absolute Gasteiger partial charge is 0.310 e. The first kappa shape index (κ1) is 29.9. The summed E-state index contributed by atoms with van der Waals surface area (Å²) < 4.78 is 26.9. The second-order valence-electron chi connectivity index (χ2n) is 6.49. The van der Waals surface area contributed by atoms with Gasteiger partial charge in [0.2, 0.25) is 0 Å². The molecule has 168 valence electrons. The molecule has 0 saturated heterocycles. The first-order valence-electron chi connectivity index (χ1n) is 10.8. The molecule has 0 spiro atoms. The number of rotatable bonds is 8. The highest BCUT2D eigenvalue weighted by molar-refractivity contribution is 5.33. The highest BCUT2D eigenvalue weighted by atomic mass is 19.1. The minimum Gasteiger partial charge on any atom is -0.310 e. The Labute approximate surface area is 183 Å². The van der Waals surface area contributed by atoms with Crippen molar-refractivity contribution in [3.8, 4) is 0 Å². The minimum absolute atomic E-state index is 0.312. The quantitative estimate of drug-likeness (QED) is 0.336. The summed E-state index contributed by atoms with van der Waals surface area (Å²) in [4.78, 5) is 0. The summed E-state index contributed by atoms with van der Waals surface area (Å²) in [7, 11) is 0. The summed E-state index contributed by atoms with van der Waals surface area (Å²) in [5.41, 5.74) is 4.35. The van der Waals surface area contributed by atoms with E-state index >= 15 is 0 Å². The molecule has 0 fully saturated rings. The molecule has 2 aromatic rings. The number of nitrogens with one attached hydrogen (secondary N) is 1. The van der Waals surface area contributed by atoms with Crippen LogP contribution in [0.2, 0.25) is 0 Å². The van der Waals surface area contributed by atoms with Crippen molar-refractivity contribution in [1.29, 1.82) is 0 Å². The Morgan fingerprint density at radius 3 is 2.17 bits per heavy atom. The standard InChI is InChI=1S/C21H27F2N.C2H6.2C2H4/c1-4-6-21(19-13-15(2)8-9-16(19)3)24-12-5-7-17-14-18(22)10-11-20(17)23;3*1-2/h8-11,13-14,21,24H,4-7,12H2,1-3H3;1-2H3;2*1-2H2. The smallest absolute Gasteiger partial charge is 0.126 e. The fourth-order valence-corrected chi connectivity index (χ4v) is 3.08. The third-order valence-corrected chi connectivity index (χ3v) is 4.41. The van der Waals surface area contributed by atoms with Gasteiger partial charge in [-0.05, 0) is 74.5 Å². The molecule has 30 heavy (non-hydrogen) atoms. The predicted octanol–water partition coefficient (Wildman–Crippen LogP) is 8.28. The van der Waals surface area contributed by atoms with E-state index < -0.39 is 0 Å². The average Bonchev–Trinajstić information content (AvgIpc) is 2.78. The Morgan fingerprint density at radius 2 is 1.57 bits per heavy atom. The second-order valence-corrected chi connectivity index (χ2v) is 6.49. The molecule has 0 heterocycles. The van der Waals surface area contributed by atoms with Gasteiger partial charge in [0.1, 0.15) is 11.6 Å². The number of hydrogen-bond acceptors (Lipinski definition) is 1. The minimum atomic E-state index is -0.376. The van der Waals surface area contributed by atoms with Gasteiger partial charge >= 0.3 is 0 Å². The van der Waals surface area contributed by atoms with Gasteiger partial charge in [0, 0.05) is 6.04 Å². The van der Waals surface area contributed by atoms with Crippen LogP contribution in [0.5, 0.6) is 0 Å². The van der Waals surface area contributed by atoms with Crippen molar-refractivity contribution in [2.24, 2.45) is 0 Å². The number of hydrogen-bond donors (Lipinski definition) is 1. The van der Waals surface area contributed by atoms with E-state index in [0.717, 1.165) is 31.9 Å². The van der Waals surface area contributed by atoms with Crippen LogP contribution in [0, 0.1) is 25.5 Å². The van der Waals surface area contributed by atoms with E-state index in [1.807, 2.05) is 13.8 Å². The average molecular weight is 418 g/mol. The zero-order valence-electron chi connectivity index (χ0n) is 19.7. The van der Waals surface area contributed by atoms with E-state index in [0.29, 0.717) is 18.0 Å². The molecule has 0 aliphatic carbocycles. The van der Waals surface area contributed by atoms with Crippen molar-refractivity contribution >= 4 is 0 Å². The monoisotopic (exact) mass is 417 g/mol. The van der Waals surface area contributed by atoms with Crippen LogP contribution in [0.25, 0.3) is 0 Å². The van der Waals surface area contributed by atoms with Crippen molar-refractivity contribution in [2.75, 3.05) is 6.54 Å². The maximum atomic E-state index is 13.7. The van der Waals surface area contributed by atoms with Crippen molar-refractivity contribution in [2.45, 2.75) is 66.3 Å². The Morgan fingerprint density at radius 1 is 0.933 bits per heavy atom. The van der Waals surface area contributed by atoms with E-state index in [2.05, 4.69) is 70.6 Å². The molecule has 0 aliphatic rings. The molecule has 1 unspecified atom stereocenters. The van der Waals surface area contributed by atoms with Crippen molar-refractivity contribution in [1.82, 2.24) is 5.32 Å². The van der Waals surface area contributed by atoms with E-state index in [9.17, 15) is 8.78 Å². The molecule has 2 rings (SSSR count). The van der Waals surface area contributed by atoms with Crippen LogP contribution in [0.1, 0.15) is 68.3 Å². The molecular weight excluding hydrogens is 376 g/mol. The number of aryl methyl sites for hydroxylation is 3. The molecule has 0 aliphatic heterocycles.